The molecule has 2 amide bonds. The van der Waals surface area contributed by atoms with Crippen LogP contribution in [0.2, 0.25) is 0 Å². The monoisotopic (exact) mass is 374 g/mol. The van der Waals surface area contributed by atoms with Gasteiger partial charge in [-0.25, -0.2) is 0 Å². The summed E-state index contributed by atoms with van der Waals surface area (Å²) in [6.07, 6.45) is 7.18. The summed E-state index contributed by atoms with van der Waals surface area (Å²) >= 11 is 0. The molecule has 0 aromatic heterocycles. The molecule has 1 aliphatic heterocycles. The van der Waals surface area contributed by atoms with Crippen molar-refractivity contribution in [1.82, 2.24) is 10.6 Å². The van der Waals surface area contributed by atoms with Gasteiger partial charge >= 0.3 is 11.8 Å². The van der Waals surface area contributed by atoms with Crippen molar-refractivity contribution in [3.63, 3.8) is 0 Å². The Labute approximate surface area is 158 Å². The lowest BCUT2D eigenvalue weighted by Crippen LogP contribution is -2.40. The molecule has 1 aromatic carbocycles. The maximum Gasteiger partial charge on any atom is 0.309 e. The van der Waals surface area contributed by atoms with Gasteiger partial charge in [-0.05, 0) is 56.2 Å². The first kappa shape index (κ1) is 19.2. The van der Waals surface area contributed by atoms with Crippen LogP contribution in [0.4, 0.5) is 0 Å². The van der Waals surface area contributed by atoms with Crippen molar-refractivity contribution in [2.75, 3.05) is 19.9 Å². The fourth-order valence-corrected chi connectivity index (χ4v) is 3.24. The molecule has 3 rings (SSSR count). The van der Waals surface area contributed by atoms with Gasteiger partial charge in [0, 0.05) is 13.1 Å². The van der Waals surface area contributed by atoms with Crippen LogP contribution in [0.3, 0.4) is 0 Å². The molecule has 7 heteroatoms. The first-order valence-corrected chi connectivity index (χ1v) is 9.45. The van der Waals surface area contributed by atoms with Crippen molar-refractivity contribution in [3.8, 4) is 11.5 Å². The van der Waals surface area contributed by atoms with Gasteiger partial charge in [-0.2, -0.15) is 0 Å². The number of fused-ring (bicyclic) bond motifs is 1. The molecular weight excluding hydrogens is 348 g/mol. The SMILES string of the molecule is O=C(NCCC1=CCCCC1)C(=O)NCC[C@H](O)c1ccc2c(c1)OCO2. The molecular formula is C20H26N2O5. The topological polar surface area (TPSA) is 96.9 Å². The maximum atomic E-state index is 11.8. The minimum Gasteiger partial charge on any atom is -0.454 e. The molecule has 0 fully saturated rings. The van der Waals surface area contributed by atoms with E-state index in [2.05, 4.69) is 16.7 Å². The van der Waals surface area contributed by atoms with Crippen molar-refractivity contribution in [2.45, 2.75) is 44.6 Å². The van der Waals surface area contributed by atoms with Gasteiger partial charge in [0.05, 0.1) is 6.10 Å². The van der Waals surface area contributed by atoms with E-state index >= 15 is 0 Å². The molecule has 1 heterocycles. The molecule has 7 nitrogen and oxygen atoms in total. The Kier molecular flexibility index (Phi) is 6.70. The molecule has 0 bridgehead atoms. The van der Waals surface area contributed by atoms with E-state index in [0.717, 1.165) is 19.3 Å². The molecule has 0 saturated carbocycles. The molecule has 0 spiro atoms. The van der Waals surface area contributed by atoms with Gasteiger partial charge in [0.15, 0.2) is 11.5 Å². The fraction of sp³-hybridized carbons (Fsp3) is 0.500. The summed E-state index contributed by atoms with van der Waals surface area (Å²) in [5.41, 5.74) is 2.03. The Morgan fingerprint density at radius 3 is 2.63 bits per heavy atom. The number of rotatable bonds is 7. The van der Waals surface area contributed by atoms with E-state index in [1.165, 1.54) is 18.4 Å². The van der Waals surface area contributed by atoms with E-state index in [9.17, 15) is 14.7 Å². The van der Waals surface area contributed by atoms with Crippen LogP contribution in [0.5, 0.6) is 11.5 Å². The van der Waals surface area contributed by atoms with Crippen molar-refractivity contribution >= 4 is 11.8 Å². The van der Waals surface area contributed by atoms with Crippen LogP contribution in [0.25, 0.3) is 0 Å². The number of carbonyl (C=O) groups excluding carboxylic acids is 2. The van der Waals surface area contributed by atoms with Crippen LogP contribution >= 0.6 is 0 Å². The molecule has 0 unspecified atom stereocenters. The zero-order valence-electron chi connectivity index (χ0n) is 15.3. The summed E-state index contributed by atoms with van der Waals surface area (Å²) in [4.78, 5) is 23.7. The molecule has 1 aromatic rings. The second-order valence-electron chi connectivity index (χ2n) is 6.79. The number of carbonyl (C=O) groups is 2. The first-order valence-electron chi connectivity index (χ1n) is 9.45. The van der Waals surface area contributed by atoms with Crippen LogP contribution in [-0.4, -0.2) is 36.8 Å². The zero-order valence-corrected chi connectivity index (χ0v) is 15.3. The quantitative estimate of drug-likeness (QED) is 0.501. The number of allylic oxidation sites excluding steroid dienone is 1. The predicted molar refractivity (Wildman–Crippen MR) is 99.3 cm³/mol. The van der Waals surface area contributed by atoms with Gasteiger partial charge < -0.3 is 25.2 Å². The second-order valence-corrected chi connectivity index (χ2v) is 6.79. The summed E-state index contributed by atoms with van der Waals surface area (Å²) in [6, 6.07) is 5.23. The van der Waals surface area contributed by atoms with Gasteiger partial charge in [0.1, 0.15) is 0 Å². The third kappa shape index (κ3) is 5.47. The highest BCUT2D eigenvalue weighted by Crippen LogP contribution is 2.34. The minimum absolute atomic E-state index is 0.178. The lowest BCUT2D eigenvalue weighted by molar-refractivity contribution is -0.139. The van der Waals surface area contributed by atoms with E-state index in [1.54, 1.807) is 18.2 Å². The van der Waals surface area contributed by atoms with Crippen molar-refractivity contribution < 1.29 is 24.2 Å². The van der Waals surface area contributed by atoms with Crippen LogP contribution < -0.4 is 20.1 Å². The minimum atomic E-state index is -0.763. The lowest BCUT2D eigenvalue weighted by atomic mass is 9.97. The average molecular weight is 374 g/mol. The highest BCUT2D eigenvalue weighted by Gasteiger charge is 2.18. The number of benzene rings is 1. The normalized spacial score (nSPS) is 16.4. The Bertz CT molecular complexity index is 716. The van der Waals surface area contributed by atoms with E-state index < -0.39 is 17.9 Å². The van der Waals surface area contributed by atoms with Crippen molar-refractivity contribution in [2.24, 2.45) is 0 Å². The van der Waals surface area contributed by atoms with Gasteiger partial charge in [0.2, 0.25) is 6.79 Å². The Morgan fingerprint density at radius 2 is 1.85 bits per heavy atom. The van der Waals surface area contributed by atoms with Crippen LogP contribution in [0.1, 0.15) is 50.2 Å². The van der Waals surface area contributed by atoms with E-state index in [0.29, 0.717) is 30.0 Å². The standard InChI is InChI=1S/C20H26N2O5/c23-16(15-6-7-17-18(12-15)27-13-26-17)9-11-22-20(25)19(24)21-10-8-14-4-2-1-3-5-14/h4,6-7,12,16,23H,1-3,5,8-11,13H2,(H,21,24)(H,22,25)/t16-/m0/s1. The molecule has 1 aliphatic carbocycles. The lowest BCUT2D eigenvalue weighted by Gasteiger charge is -2.13. The molecule has 0 saturated heterocycles. The van der Waals surface area contributed by atoms with E-state index in [-0.39, 0.29) is 13.3 Å². The molecule has 3 N–H and O–H groups in total. The molecule has 1 atom stereocenters. The fourth-order valence-electron chi connectivity index (χ4n) is 3.24. The van der Waals surface area contributed by atoms with E-state index in [4.69, 9.17) is 9.47 Å². The molecule has 2 aliphatic rings. The zero-order chi connectivity index (χ0) is 19.1. The first-order chi connectivity index (χ1) is 13.1. The van der Waals surface area contributed by atoms with Gasteiger partial charge in [-0.15, -0.1) is 0 Å². The maximum absolute atomic E-state index is 11.8. The number of aliphatic hydroxyl groups excluding tert-OH is 1. The van der Waals surface area contributed by atoms with Crippen molar-refractivity contribution in [3.05, 3.63) is 35.4 Å². The number of ether oxygens (including phenoxy) is 2. The Balaban J connectivity index is 1.34. The van der Waals surface area contributed by atoms with Gasteiger partial charge in [-0.1, -0.05) is 17.7 Å². The summed E-state index contributed by atoms with van der Waals surface area (Å²) in [5, 5.41) is 15.4. The molecule has 0 radical (unpaired) electrons. The summed E-state index contributed by atoms with van der Waals surface area (Å²) in [5.74, 6) is -0.0579. The number of nitrogens with one attached hydrogen (secondary N) is 2. The summed E-state index contributed by atoms with van der Waals surface area (Å²) in [7, 11) is 0. The predicted octanol–water partition coefficient (Wildman–Crippen LogP) is 1.96. The third-order valence-corrected chi connectivity index (χ3v) is 4.81. The third-order valence-electron chi connectivity index (χ3n) is 4.81. The second kappa shape index (κ2) is 9.41. The number of amides is 2. The highest BCUT2D eigenvalue weighted by atomic mass is 16.7. The molecule has 146 valence electrons. The smallest absolute Gasteiger partial charge is 0.309 e. The van der Waals surface area contributed by atoms with Crippen molar-refractivity contribution in [1.29, 1.82) is 0 Å². The number of hydrogen-bond acceptors (Lipinski definition) is 5. The number of hydrogen-bond donors (Lipinski definition) is 3. The molecule has 27 heavy (non-hydrogen) atoms. The van der Waals surface area contributed by atoms with Crippen LogP contribution in [0, 0.1) is 0 Å². The summed E-state index contributed by atoms with van der Waals surface area (Å²) in [6.45, 7) is 0.849. The van der Waals surface area contributed by atoms with Gasteiger partial charge in [0.25, 0.3) is 0 Å². The highest BCUT2D eigenvalue weighted by molar-refractivity contribution is 6.35. The number of aliphatic hydroxyl groups is 1. The Morgan fingerprint density at radius 1 is 1.07 bits per heavy atom. The summed E-state index contributed by atoms with van der Waals surface area (Å²) < 4.78 is 10.5. The largest absolute Gasteiger partial charge is 0.454 e. The van der Waals surface area contributed by atoms with Crippen LogP contribution in [-0.2, 0) is 9.59 Å². The average Bonchev–Trinajstić information content (AvgIpc) is 3.16. The van der Waals surface area contributed by atoms with Gasteiger partial charge in [-0.3, -0.25) is 9.59 Å². The Hall–Kier alpha value is -2.54. The van der Waals surface area contributed by atoms with Crippen LogP contribution in [0.15, 0.2) is 29.8 Å². The van der Waals surface area contributed by atoms with E-state index in [1.807, 2.05) is 0 Å².